The fourth-order valence-electron chi connectivity index (χ4n) is 2.10. The van der Waals surface area contributed by atoms with Gasteiger partial charge in [-0.1, -0.05) is 48.5 Å². The first kappa shape index (κ1) is 12.3. The quantitative estimate of drug-likeness (QED) is 0.863. The Morgan fingerprint density at radius 1 is 0.947 bits per heavy atom. The molecular formula is C15H15N3S. The van der Waals surface area contributed by atoms with Gasteiger partial charge in [-0.05, 0) is 17.7 Å². The Labute approximate surface area is 118 Å². The lowest BCUT2D eigenvalue weighted by atomic mass is 10.2. The fraction of sp³-hybridized carbons (Fsp3) is 0.133. The van der Waals surface area contributed by atoms with Gasteiger partial charge in [0, 0.05) is 6.54 Å². The summed E-state index contributed by atoms with van der Waals surface area (Å²) in [6.07, 6.45) is 1.83. The van der Waals surface area contributed by atoms with Gasteiger partial charge in [-0.15, -0.1) is 12.6 Å². The van der Waals surface area contributed by atoms with Crippen LogP contribution in [0.1, 0.15) is 5.56 Å². The second-order valence-electron chi connectivity index (χ2n) is 4.37. The second-order valence-corrected chi connectivity index (χ2v) is 4.84. The number of benzene rings is 2. The molecule has 3 rings (SSSR count). The third-order valence-corrected chi connectivity index (χ3v) is 3.46. The number of thiol groups is 1. The van der Waals surface area contributed by atoms with Crippen LogP contribution in [0.4, 0.5) is 5.69 Å². The molecule has 0 saturated heterocycles. The molecule has 0 bridgehead atoms. The van der Waals surface area contributed by atoms with Crippen LogP contribution < -0.4 is 5.01 Å². The smallest absolute Gasteiger partial charge is 0.165 e. The molecule has 19 heavy (non-hydrogen) atoms. The summed E-state index contributed by atoms with van der Waals surface area (Å²) in [6, 6.07) is 20.5. The first-order valence-corrected chi connectivity index (χ1v) is 6.72. The van der Waals surface area contributed by atoms with Gasteiger partial charge >= 0.3 is 0 Å². The molecule has 2 aromatic carbocycles. The lowest BCUT2D eigenvalue weighted by molar-refractivity contribution is 0.287. The van der Waals surface area contributed by atoms with Crippen molar-refractivity contribution in [3.8, 4) is 0 Å². The molecule has 1 atom stereocenters. The van der Waals surface area contributed by atoms with E-state index in [0.717, 1.165) is 12.2 Å². The van der Waals surface area contributed by atoms with Crippen LogP contribution in [0.2, 0.25) is 0 Å². The van der Waals surface area contributed by atoms with Crippen molar-refractivity contribution in [2.24, 2.45) is 4.99 Å². The van der Waals surface area contributed by atoms with E-state index >= 15 is 0 Å². The van der Waals surface area contributed by atoms with Crippen LogP contribution in [-0.2, 0) is 6.54 Å². The second kappa shape index (κ2) is 5.47. The van der Waals surface area contributed by atoms with E-state index in [4.69, 9.17) is 0 Å². The number of hydrogen-bond donors (Lipinski definition) is 1. The van der Waals surface area contributed by atoms with Crippen molar-refractivity contribution in [3.05, 3.63) is 66.2 Å². The van der Waals surface area contributed by atoms with E-state index in [-0.39, 0.29) is 5.50 Å². The molecule has 1 heterocycles. The highest BCUT2D eigenvalue weighted by molar-refractivity contribution is 7.80. The number of nitrogens with zero attached hydrogens (tertiary/aromatic N) is 3. The van der Waals surface area contributed by atoms with E-state index in [1.165, 1.54) is 5.56 Å². The Morgan fingerprint density at radius 3 is 2.26 bits per heavy atom. The molecule has 3 nitrogen and oxygen atoms in total. The molecule has 0 radical (unpaired) electrons. The van der Waals surface area contributed by atoms with E-state index < -0.39 is 0 Å². The Balaban J connectivity index is 1.83. The maximum absolute atomic E-state index is 4.51. The van der Waals surface area contributed by atoms with E-state index in [2.05, 4.69) is 46.9 Å². The van der Waals surface area contributed by atoms with Crippen LogP contribution in [0.3, 0.4) is 0 Å². The summed E-state index contributed by atoms with van der Waals surface area (Å²) in [4.78, 5) is 4.36. The Hall–Kier alpha value is -1.78. The normalized spacial score (nSPS) is 19.0. The average Bonchev–Trinajstić information content (AvgIpc) is 2.82. The molecule has 0 aliphatic carbocycles. The highest BCUT2D eigenvalue weighted by Crippen LogP contribution is 2.24. The standard InChI is InChI=1S/C15H15N3S/c19-15-16-12-18(14-9-5-2-6-10-14)17(15)11-13-7-3-1-4-8-13/h1-10,12,15,19H,11H2. The van der Waals surface area contributed by atoms with E-state index in [1.54, 1.807) is 0 Å². The predicted octanol–water partition coefficient (Wildman–Crippen LogP) is 3.17. The summed E-state index contributed by atoms with van der Waals surface area (Å²) in [6.45, 7) is 0.782. The summed E-state index contributed by atoms with van der Waals surface area (Å²) in [5, 5.41) is 4.17. The molecular weight excluding hydrogens is 254 g/mol. The molecule has 1 unspecified atom stereocenters. The zero-order valence-corrected chi connectivity index (χ0v) is 11.3. The van der Waals surface area contributed by atoms with Crippen molar-refractivity contribution in [2.75, 3.05) is 5.01 Å². The van der Waals surface area contributed by atoms with Gasteiger partial charge in [0.15, 0.2) is 5.50 Å². The number of rotatable bonds is 3. The van der Waals surface area contributed by atoms with Gasteiger partial charge in [0.2, 0.25) is 0 Å². The fourth-order valence-corrected chi connectivity index (χ4v) is 2.35. The third-order valence-electron chi connectivity index (χ3n) is 3.06. The van der Waals surface area contributed by atoms with Gasteiger partial charge in [-0.3, -0.25) is 5.01 Å². The Bertz CT molecular complexity index is 556. The van der Waals surface area contributed by atoms with Gasteiger partial charge in [-0.2, -0.15) is 5.01 Å². The van der Waals surface area contributed by atoms with Crippen LogP contribution in [0.25, 0.3) is 0 Å². The van der Waals surface area contributed by atoms with Crippen molar-refractivity contribution >= 4 is 24.7 Å². The maximum Gasteiger partial charge on any atom is 0.165 e. The summed E-state index contributed by atoms with van der Waals surface area (Å²) in [7, 11) is 0. The molecule has 96 valence electrons. The summed E-state index contributed by atoms with van der Waals surface area (Å²) >= 11 is 4.51. The molecule has 2 aromatic rings. The van der Waals surface area contributed by atoms with E-state index in [1.807, 2.05) is 47.7 Å². The molecule has 0 saturated carbocycles. The number of para-hydroxylation sites is 1. The summed E-state index contributed by atoms with van der Waals surface area (Å²) in [5.74, 6) is 0. The molecule has 1 aliphatic rings. The predicted molar refractivity (Wildman–Crippen MR) is 82.2 cm³/mol. The summed E-state index contributed by atoms with van der Waals surface area (Å²) < 4.78 is 0. The zero-order valence-electron chi connectivity index (χ0n) is 10.4. The van der Waals surface area contributed by atoms with Crippen molar-refractivity contribution in [1.82, 2.24) is 5.01 Å². The molecule has 0 N–H and O–H groups in total. The van der Waals surface area contributed by atoms with E-state index in [0.29, 0.717) is 0 Å². The van der Waals surface area contributed by atoms with Crippen LogP contribution in [0, 0.1) is 0 Å². The molecule has 4 heteroatoms. The SMILES string of the molecule is SC1N=CN(c2ccccc2)N1Cc1ccccc1. The topological polar surface area (TPSA) is 18.8 Å². The van der Waals surface area contributed by atoms with Gasteiger partial charge < -0.3 is 0 Å². The summed E-state index contributed by atoms with van der Waals surface area (Å²) in [5.41, 5.74) is 2.20. The van der Waals surface area contributed by atoms with E-state index in [9.17, 15) is 0 Å². The molecule has 0 spiro atoms. The first-order valence-electron chi connectivity index (χ1n) is 6.21. The Kier molecular flexibility index (Phi) is 3.53. The molecule has 0 aromatic heterocycles. The van der Waals surface area contributed by atoms with Crippen molar-refractivity contribution in [3.63, 3.8) is 0 Å². The van der Waals surface area contributed by atoms with Gasteiger partial charge in [-0.25, -0.2) is 4.99 Å². The lowest BCUT2D eigenvalue weighted by Gasteiger charge is -2.29. The van der Waals surface area contributed by atoms with Crippen molar-refractivity contribution < 1.29 is 0 Å². The number of anilines is 1. The largest absolute Gasteiger partial charge is 0.261 e. The van der Waals surface area contributed by atoms with Crippen molar-refractivity contribution in [1.29, 1.82) is 0 Å². The molecule has 1 aliphatic heterocycles. The molecule has 0 fully saturated rings. The minimum Gasteiger partial charge on any atom is -0.261 e. The first-order chi connectivity index (χ1) is 9.34. The van der Waals surface area contributed by atoms with Crippen molar-refractivity contribution in [2.45, 2.75) is 12.0 Å². The molecule has 0 amide bonds. The average molecular weight is 269 g/mol. The number of hydrazine groups is 1. The van der Waals surface area contributed by atoms with Crippen LogP contribution in [-0.4, -0.2) is 16.8 Å². The van der Waals surface area contributed by atoms with Crippen LogP contribution in [0.5, 0.6) is 0 Å². The maximum atomic E-state index is 4.51. The lowest BCUT2D eigenvalue weighted by Crippen LogP contribution is -2.39. The number of aliphatic imine (C=N–C) groups is 1. The highest BCUT2D eigenvalue weighted by atomic mass is 32.1. The highest BCUT2D eigenvalue weighted by Gasteiger charge is 2.26. The Morgan fingerprint density at radius 2 is 1.58 bits per heavy atom. The third kappa shape index (κ3) is 2.64. The van der Waals surface area contributed by atoms with Gasteiger partial charge in [0.05, 0.1) is 5.69 Å². The number of hydrogen-bond acceptors (Lipinski definition) is 4. The van der Waals surface area contributed by atoms with Crippen LogP contribution in [0.15, 0.2) is 65.7 Å². The van der Waals surface area contributed by atoms with Gasteiger partial charge in [0.25, 0.3) is 0 Å². The monoisotopic (exact) mass is 269 g/mol. The minimum atomic E-state index is -0.139. The zero-order chi connectivity index (χ0) is 13.1. The van der Waals surface area contributed by atoms with Gasteiger partial charge in [0.1, 0.15) is 6.34 Å². The van der Waals surface area contributed by atoms with Crippen LogP contribution >= 0.6 is 12.6 Å². The minimum absolute atomic E-state index is 0.139.